The van der Waals surface area contributed by atoms with Crippen LogP contribution in [0.3, 0.4) is 0 Å². The summed E-state index contributed by atoms with van der Waals surface area (Å²) in [5, 5.41) is 10.9. The van der Waals surface area contributed by atoms with Crippen LogP contribution in [0.1, 0.15) is 32.4 Å². The van der Waals surface area contributed by atoms with Gasteiger partial charge in [-0.25, -0.2) is 4.79 Å². The van der Waals surface area contributed by atoms with Crippen LogP contribution in [-0.4, -0.2) is 16.7 Å². The molecule has 0 heterocycles. The van der Waals surface area contributed by atoms with E-state index in [-0.39, 0.29) is 5.69 Å². The summed E-state index contributed by atoms with van der Waals surface area (Å²) >= 11 is 2.08. The van der Waals surface area contributed by atoms with Crippen molar-refractivity contribution in [1.29, 1.82) is 0 Å². The van der Waals surface area contributed by atoms with E-state index in [4.69, 9.17) is 4.74 Å². The van der Waals surface area contributed by atoms with Crippen LogP contribution < -0.4 is 0 Å². The first-order chi connectivity index (χ1) is 13.5. The van der Waals surface area contributed by atoms with Gasteiger partial charge in [0.15, 0.2) is 6.10 Å². The lowest BCUT2D eigenvalue weighted by Gasteiger charge is -2.17. The van der Waals surface area contributed by atoms with Gasteiger partial charge in [0.25, 0.3) is 5.69 Å². The number of esters is 1. The SMILES string of the molecule is O=C(O[C@@H](C(=O)c1ccccc1)c1ccc([N+](=O)[O-])cc1)c1cccc(I)c1. The second-order valence-electron chi connectivity index (χ2n) is 5.87. The third-order valence-electron chi connectivity index (χ3n) is 3.99. The zero-order chi connectivity index (χ0) is 20.1. The molecule has 0 amide bonds. The van der Waals surface area contributed by atoms with E-state index < -0.39 is 22.8 Å². The molecule has 3 aromatic rings. The summed E-state index contributed by atoms with van der Waals surface area (Å²) in [6.45, 7) is 0. The van der Waals surface area contributed by atoms with Crippen LogP contribution in [0.4, 0.5) is 5.69 Å². The molecule has 140 valence electrons. The normalized spacial score (nSPS) is 11.5. The highest BCUT2D eigenvalue weighted by molar-refractivity contribution is 14.1. The zero-order valence-corrected chi connectivity index (χ0v) is 16.6. The predicted octanol–water partition coefficient (Wildman–Crippen LogP) is 4.98. The Hall–Kier alpha value is -3.07. The lowest BCUT2D eigenvalue weighted by molar-refractivity contribution is -0.384. The topological polar surface area (TPSA) is 86.5 Å². The number of rotatable bonds is 6. The molecule has 0 aromatic heterocycles. The molecule has 0 bridgehead atoms. The van der Waals surface area contributed by atoms with Crippen LogP contribution in [0, 0.1) is 13.7 Å². The average Bonchev–Trinajstić information content (AvgIpc) is 2.72. The summed E-state index contributed by atoms with van der Waals surface area (Å²) in [5.41, 5.74) is 0.943. The minimum absolute atomic E-state index is 0.112. The van der Waals surface area contributed by atoms with Crippen LogP contribution >= 0.6 is 22.6 Å². The van der Waals surface area contributed by atoms with Gasteiger partial charge in [0.1, 0.15) is 0 Å². The first-order valence-electron chi connectivity index (χ1n) is 8.26. The van der Waals surface area contributed by atoms with Crippen molar-refractivity contribution < 1.29 is 19.2 Å². The van der Waals surface area contributed by atoms with Gasteiger partial charge < -0.3 is 4.74 Å². The van der Waals surface area contributed by atoms with Crippen LogP contribution in [0.2, 0.25) is 0 Å². The summed E-state index contributed by atoms with van der Waals surface area (Å²) in [7, 11) is 0. The van der Waals surface area contributed by atoms with Crippen LogP contribution in [0.5, 0.6) is 0 Å². The molecule has 0 spiro atoms. The largest absolute Gasteiger partial charge is 0.445 e. The second-order valence-corrected chi connectivity index (χ2v) is 7.12. The van der Waals surface area contributed by atoms with Gasteiger partial charge in [-0.3, -0.25) is 14.9 Å². The molecule has 0 aliphatic rings. The number of ketones is 1. The van der Waals surface area contributed by atoms with Gasteiger partial charge >= 0.3 is 5.97 Å². The quantitative estimate of drug-likeness (QED) is 0.161. The first kappa shape index (κ1) is 19.7. The predicted molar refractivity (Wildman–Crippen MR) is 111 cm³/mol. The lowest BCUT2D eigenvalue weighted by Crippen LogP contribution is -2.20. The number of nitro groups is 1. The van der Waals surface area contributed by atoms with Gasteiger partial charge in [-0.2, -0.15) is 0 Å². The average molecular weight is 487 g/mol. The highest BCUT2D eigenvalue weighted by Crippen LogP contribution is 2.26. The maximum Gasteiger partial charge on any atom is 0.339 e. The fraction of sp³-hybridized carbons (Fsp3) is 0.0476. The van der Waals surface area contributed by atoms with E-state index in [2.05, 4.69) is 22.6 Å². The summed E-state index contributed by atoms with van der Waals surface area (Å²) in [6, 6.07) is 20.7. The number of halogens is 1. The molecule has 3 rings (SSSR count). The van der Waals surface area contributed by atoms with Crippen LogP contribution in [0.25, 0.3) is 0 Å². The number of carbonyl (C=O) groups is 2. The van der Waals surface area contributed by atoms with Crippen molar-refractivity contribution in [2.75, 3.05) is 0 Å². The minimum atomic E-state index is -1.21. The van der Waals surface area contributed by atoms with E-state index >= 15 is 0 Å². The molecule has 0 unspecified atom stereocenters. The molecule has 0 saturated heterocycles. The van der Waals surface area contributed by atoms with Gasteiger partial charge in [0.05, 0.1) is 10.5 Å². The van der Waals surface area contributed by atoms with Crippen LogP contribution in [0.15, 0.2) is 78.9 Å². The molecule has 7 heteroatoms. The van der Waals surface area contributed by atoms with E-state index in [9.17, 15) is 19.7 Å². The Morgan fingerprint density at radius 2 is 1.54 bits per heavy atom. The van der Waals surface area contributed by atoms with Gasteiger partial charge in [-0.1, -0.05) is 36.4 Å². The first-order valence-corrected chi connectivity index (χ1v) is 9.34. The Morgan fingerprint density at radius 1 is 0.893 bits per heavy atom. The number of nitro benzene ring substituents is 1. The van der Waals surface area contributed by atoms with Crippen molar-refractivity contribution in [2.24, 2.45) is 0 Å². The van der Waals surface area contributed by atoms with E-state index in [0.717, 1.165) is 3.57 Å². The standard InChI is InChI=1S/C21H14INO5/c22-17-8-4-7-16(13-17)21(25)28-20(19(24)14-5-2-1-3-6-14)15-9-11-18(12-10-15)23(26)27/h1-13,20H/t20-/m1/s1. The lowest BCUT2D eigenvalue weighted by atomic mass is 9.99. The minimum Gasteiger partial charge on any atom is -0.445 e. The van der Waals surface area contributed by atoms with Gasteiger partial charge in [0.2, 0.25) is 5.78 Å². The molecule has 3 aromatic carbocycles. The van der Waals surface area contributed by atoms with Crippen molar-refractivity contribution in [3.05, 3.63) is 109 Å². The Balaban J connectivity index is 1.95. The maximum atomic E-state index is 13.0. The number of hydrogen-bond donors (Lipinski definition) is 0. The molecule has 0 radical (unpaired) electrons. The van der Waals surface area contributed by atoms with E-state index in [1.54, 1.807) is 48.5 Å². The molecule has 28 heavy (non-hydrogen) atoms. The molecule has 0 fully saturated rings. The number of carbonyl (C=O) groups excluding carboxylic acids is 2. The molecular formula is C21H14INO5. The van der Waals surface area contributed by atoms with E-state index in [0.29, 0.717) is 16.7 Å². The van der Waals surface area contributed by atoms with E-state index in [1.165, 1.54) is 24.3 Å². The van der Waals surface area contributed by atoms with Crippen LogP contribution in [-0.2, 0) is 4.74 Å². The highest BCUT2D eigenvalue weighted by Gasteiger charge is 2.27. The van der Waals surface area contributed by atoms with Crippen molar-refractivity contribution in [2.45, 2.75) is 6.10 Å². The smallest absolute Gasteiger partial charge is 0.339 e. The fourth-order valence-electron chi connectivity index (χ4n) is 2.59. The van der Waals surface area contributed by atoms with Crippen molar-refractivity contribution >= 4 is 40.0 Å². The monoisotopic (exact) mass is 487 g/mol. The Kier molecular flexibility index (Phi) is 6.15. The number of Topliss-reactive ketones (excluding diaryl/α,β-unsaturated/α-hetero) is 1. The fourth-order valence-corrected chi connectivity index (χ4v) is 3.13. The van der Waals surface area contributed by atoms with E-state index in [1.807, 2.05) is 6.07 Å². The zero-order valence-electron chi connectivity index (χ0n) is 14.4. The maximum absolute atomic E-state index is 13.0. The molecule has 0 aliphatic carbocycles. The summed E-state index contributed by atoms with van der Waals surface area (Å²) < 4.78 is 6.39. The molecular weight excluding hydrogens is 473 g/mol. The number of nitrogens with zero attached hydrogens (tertiary/aromatic N) is 1. The number of non-ortho nitro benzene ring substituents is 1. The Labute approximate surface area is 174 Å². The number of hydrogen-bond acceptors (Lipinski definition) is 5. The summed E-state index contributed by atoms with van der Waals surface area (Å²) in [5.74, 6) is -1.06. The number of ether oxygens (including phenoxy) is 1. The number of benzene rings is 3. The molecule has 6 nitrogen and oxygen atoms in total. The van der Waals surface area contributed by atoms with Crippen molar-refractivity contribution in [1.82, 2.24) is 0 Å². The van der Waals surface area contributed by atoms with Crippen molar-refractivity contribution in [3.63, 3.8) is 0 Å². The molecule has 0 saturated carbocycles. The summed E-state index contributed by atoms with van der Waals surface area (Å²) in [6.07, 6.45) is -1.21. The van der Waals surface area contributed by atoms with Gasteiger partial charge in [-0.05, 0) is 52.9 Å². The summed E-state index contributed by atoms with van der Waals surface area (Å²) in [4.78, 5) is 35.9. The molecule has 1 atom stereocenters. The molecule has 0 N–H and O–H groups in total. The Morgan fingerprint density at radius 3 is 2.14 bits per heavy atom. The third kappa shape index (κ3) is 4.61. The molecule has 0 aliphatic heterocycles. The van der Waals surface area contributed by atoms with Gasteiger partial charge in [-0.15, -0.1) is 0 Å². The third-order valence-corrected chi connectivity index (χ3v) is 4.66. The van der Waals surface area contributed by atoms with Crippen molar-refractivity contribution in [3.8, 4) is 0 Å². The second kappa shape index (κ2) is 8.75. The Bertz CT molecular complexity index is 1020. The van der Waals surface area contributed by atoms with Gasteiger partial charge in [0, 0.05) is 26.8 Å². The highest BCUT2D eigenvalue weighted by atomic mass is 127.